The number of nitrogens with one attached hydrogen (secondary N) is 1. The van der Waals surface area contributed by atoms with Gasteiger partial charge in [-0.1, -0.05) is 0 Å². The quantitative estimate of drug-likeness (QED) is 0.753. The molecule has 0 radical (unpaired) electrons. The van der Waals surface area contributed by atoms with E-state index in [0.717, 1.165) is 19.4 Å². The van der Waals surface area contributed by atoms with E-state index in [2.05, 4.69) is 5.32 Å². The Bertz CT molecular complexity index is 260. The van der Waals surface area contributed by atoms with Crippen molar-refractivity contribution in [3.63, 3.8) is 0 Å². The van der Waals surface area contributed by atoms with Gasteiger partial charge in [-0.25, -0.2) is 12.8 Å². The van der Waals surface area contributed by atoms with Crippen LogP contribution >= 0.6 is 0 Å². The lowest BCUT2D eigenvalue weighted by molar-refractivity contribution is 0.248. The van der Waals surface area contributed by atoms with Crippen LogP contribution in [-0.2, 0) is 9.84 Å². The first kappa shape index (κ1) is 11.9. The second kappa shape index (κ2) is 5.07. The van der Waals surface area contributed by atoms with E-state index in [4.69, 9.17) is 0 Å². The minimum Gasteiger partial charge on any atom is -0.311 e. The number of sulfone groups is 1. The number of hydrogen-bond donors (Lipinski definition) is 1. The van der Waals surface area contributed by atoms with Gasteiger partial charge in [0.15, 0.2) is 0 Å². The van der Waals surface area contributed by atoms with Crippen LogP contribution in [0.3, 0.4) is 0 Å². The van der Waals surface area contributed by atoms with Crippen molar-refractivity contribution in [2.24, 2.45) is 0 Å². The molecular weight excluding hydrogens is 205 g/mol. The summed E-state index contributed by atoms with van der Waals surface area (Å²) in [4.78, 5) is 0. The number of halogens is 1. The molecule has 0 spiro atoms. The molecule has 1 aliphatic heterocycles. The summed E-state index contributed by atoms with van der Waals surface area (Å²) in [5, 5.41) is 3.08. The van der Waals surface area contributed by atoms with Crippen LogP contribution < -0.4 is 5.32 Å². The molecule has 0 aromatic rings. The number of hydrogen-bond acceptors (Lipinski definition) is 3. The standard InChI is InChI=1S/C9H18FNO2S/c1-14(12,13)7-3-4-8(10)9-5-2-6-11-9/h8-9,11H,2-7H2,1H3. The molecule has 0 bridgehead atoms. The first-order valence-electron chi connectivity index (χ1n) is 5.04. The Morgan fingerprint density at radius 3 is 2.79 bits per heavy atom. The number of alkyl halides is 1. The molecule has 1 rings (SSSR count). The summed E-state index contributed by atoms with van der Waals surface area (Å²) in [6, 6.07) is -0.0467. The van der Waals surface area contributed by atoms with Gasteiger partial charge in [0.05, 0.1) is 0 Å². The molecule has 2 atom stereocenters. The fourth-order valence-corrected chi connectivity index (χ4v) is 2.45. The molecule has 0 aliphatic carbocycles. The molecule has 0 saturated carbocycles. The Balaban J connectivity index is 2.17. The third-order valence-corrected chi connectivity index (χ3v) is 3.56. The van der Waals surface area contributed by atoms with Crippen molar-refractivity contribution in [1.29, 1.82) is 0 Å². The van der Waals surface area contributed by atoms with Crippen molar-refractivity contribution in [1.82, 2.24) is 5.32 Å². The predicted molar refractivity (Wildman–Crippen MR) is 54.9 cm³/mol. The molecule has 0 amide bonds. The van der Waals surface area contributed by atoms with E-state index in [0.29, 0.717) is 12.8 Å². The Morgan fingerprint density at radius 2 is 2.29 bits per heavy atom. The van der Waals surface area contributed by atoms with Crippen LogP contribution in [0.5, 0.6) is 0 Å². The average molecular weight is 223 g/mol. The SMILES string of the molecule is CS(=O)(=O)CCCC(F)C1CCCN1. The molecule has 1 fully saturated rings. The van der Waals surface area contributed by atoms with Gasteiger partial charge >= 0.3 is 0 Å². The van der Waals surface area contributed by atoms with Crippen LogP contribution in [0, 0.1) is 0 Å². The zero-order valence-electron chi connectivity index (χ0n) is 8.50. The normalized spacial score (nSPS) is 25.1. The smallest absolute Gasteiger partial charge is 0.147 e. The first-order chi connectivity index (χ1) is 6.49. The minimum atomic E-state index is -2.93. The minimum absolute atomic E-state index is 0.0467. The first-order valence-corrected chi connectivity index (χ1v) is 7.10. The van der Waals surface area contributed by atoms with E-state index < -0.39 is 16.0 Å². The lowest BCUT2D eigenvalue weighted by Crippen LogP contribution is -2.32. The van der Waals surface area contributed by atoms with Gasteiger partial charge in [0.25, 0.3) is 0 Å². The van der Waals surface area contributed by atoms with Crippen molar-refractivity contribution in [3.8, 4) is 0 Å². The fourth-order valence-electron chi connectivity index (χ4n) is 1.76. The molecule has 1 heterocycles. The Hall–Kier alpha value is -0.160. The maximum Gasteiger partial charge on any atom is 0.147 e. The maximum absolute atomic E-state index is 13.4. The summed E-state index contributed by atoms with van der Waals surface area (Å²) < 4.78 is 35.0. The molecule has 5 heteroatoms. The van der Waals surface area contributed by atoms with Gasteiger partial charge in [-0.15, -0.1) is 0 Å². The van der Waals surface area contributed by atoms with Crippen LogP contribution in [0.25, 0.3) is 0 Å². The molecule has 0 aromatic heterocycles. The molecule has 84 valence electrons. The lowest BCUT2D eigenvalue weighted by atomic mass is 10.1. The Kier molecular flexibility index (Phi) is 4.31. The molecule has 3 nitrogen and oxygen atoms in total. The Labute approximate surface area is 85.0 Å². The molecule has 14 heavy (non-hydrogen) atoms. The van der Waals surface area contributed by atoms with Gasteiger partial charge in [-0.05, 0) is 32.2 Å². The second-order valence-corrected chi connectivity index (χ2v) is 6.25. The summed E-state index contributed by atoms with van der Waals surface area (Å²) in [5.74, 6) is 0.0974. The molecule has 1 aliphatic rings. The van der Waals surface area contributed by atoms with Crippen molar-refractivity contribution in [2.75, 3.05) is 18.6 Å². The summed E-state index contributed by atoms with van der Waals surface area (Å²) >= 11 is 0. The van der Waals surface area contributed by atoms with E-state index in [9.17, 15) is 12.8 Å². The van der Waals surface area contributed by atoms with E-state index in [-0.39, 0.29) is 11.8 Å². The average Bonchev–Trinajstić information content (AvgIpc) is 2.53. The number of rotatable bonds is 5. The third-order valence-electron chi connectivity index (χ3n) is 2.53. The fraction of sp³-hybridized carbons (Fsp3) is 1.00. The molecule has 1 N–H and O–H groups in total. The summed E-state index contributed by atoms with van der Waals surface area (Å²) in [7, 11) is -2.93. The van der Waals surface area contributed by atoms with Crippen molar-refractivity contribution in [2.45, 2.75) is 37.9 Å². The van der Waals surface area contributed by atoms with Crippen LogP contribution in [0.15, 0.2) is 0 Å². The van der Waals surface area contributed by atoms with Gasteiger partial charge in [0.2, 0.25) is 0 Å². The zero-order valence-corrected chi connectivity index (χ0v) is 9.32. The highest BCUT2D eigenvalue weighted by Gasteiger charge is 2.23. The largest absolute Gasteiger partial charge is 0.311 e. The second-order valence-electron chi connectivity index (χ2n) is 3.99. The lowest BCUT2D eigenvalue weighted by Gasteiger charge is -2.15. The van der Waals surface area contributed by atoms with Gasteiger partial charge < -0.3 is 5.32 Å². The topological polar surface area (TPSA) is 46.2 Å². The molecular formula is C9H18FNO2S. The highest BCUT2D eigenvalue weighted by atomic mass is 32.2. The van der Waals surface area contributed by atoms with Gasteiger partial charge in [-0.3, -0.25) is 0 Å². The highest BCUT2D eigenvalue weighted by Crippen LogP contribution is 2.16. The zero-order chi connectivity index (χ0) is 10.6. The van der Waals surface area contributed by atoms with Crippen molar-refractivity contribution >= 4 is 9.84 Å². The maximum atomic E-state index is 13.4. The third kappa shape index (κ3) is 4.37. The van der Waals surface area contributed by atoms with Gasteiger partial charge in [0, 0.05) is 18.1 Å². The summed E-state index contributed by atoms with van der Waals surface area (Å²) in [6.45, 7) is 0.886. The molecule has 0 aromatic carbocycles. The van der Waals surface area contributed by atoms with E-state index in [1.54, 1.807) is 0 Å². The molecule has 2 unspecified atom stereocenters. The van der Waals surface area contributed by atoms with E-state index in [1.165, 1.54) is 6.26 Å². The highest BCUT2D eigenvalue weighted by molar-refractivity contribution is 7.90. The van der Waals surface area contributed by atoms with Gasteiger partial charge in [-0.2, -0.15) is 0 Å². The summed E-state index contributed by atoms with van der Waals surface area (Å²) in [6.07, 6.45) is 2.98. The van der Waals surface area contributed by atoms with E-state index in [1.807, 2.05) is 0 Å². The van der Waals surface area contributed by atoms with Gasteiger partial charge in [0.1, 0.15) is 16.0 Å². The van der Waals surface area contributed by atoms with Crippen LogP contribution in [0.1, 0.15) is 25.7 Å². The summed E-state index contributed by atoms with van der Waals surface area (Å²) in [5.41, 5.74) is 0. The molecule has 1 saturated heterocycles. The van der Waals surface area contributed by atoms with Crippen LogP contribution in [0.2, 0.25) is 0 Å². The van der Waals surface area contributed by atoms with Crippen LogP contribution in [0.4, 0.5) is 4.39 Å². The predicted octanol–water partition coefficient (Wildman–Crippen LogP) is 0.901. The van der Waals surface area contributed by atoms with Crippen molar-refractivity contribution < 1.29 is 12.8 Å². The van der Waals surface area contributed by atoms with Crippen LogP contribution in [-0.4, -0.2) is 39.2 Å². The Morgan fingerprint density at radius 1 is 1.57 bits per heavy atom. The van der Waals surface area contributed by atoms with E-state index >= 15 is 0 Å². The van der Waals surface area contributed by atoms with Crippen molar-refractivity contribution in [3.05, 3.63) is 0 Å². The monoisotopic (exact) mass is 223 g/mol.